The van der Waals surface area contributed by atoms with Crippen molar-refractivity contribution in [3.8, 4) is 0 Å². The summed E-state index contributed by atoms with van der Waals surface area (Å²) in [5.74, 6) is -0.376. The zero-order chi connectivity index (χ0) is 11.4. The van der Waals surface area contributed by atoms with Gasteiger partial charge < -0.3 is 4.74 Å². The molecule has 1 aromatic carbocycles. The molecule has 0 aliphatic heterocycles. The Morgan fingerprint density at radius 3 is 1.93 bits per heavy atom. The number of esters is 1. The predicted molar refractivity (Wildman–Crippen MR) is 57.0 cm³/mol. The summed E-state index contributed by atoms with van der Waals surface area (Å²) in [4.78, 5) is 22.4. The third-order valence-corrected chi connectivity index (χ3v) is 1.87. The zero-order valence-electron chi connectivity index (χ0n) is 9.11. The van der Waals surface area contributed by atoms with E-state index >= 15 is 0 Å². The van der Waals surface area contributed by atoms with Crippen molar-refractivity contribution in [3.63, 3.8) is 0 Å². The highest BCUT2D eigenvalue weighted by Crippen LogP contribution is 2.07. The smallest absolute Gasteiger partial charge is 0.338 e. The SMILES string of the molecule is CC(=O)c1ccc(C(=O)OC(C)C)cc1. The van der Waals surface area contributed by atoms with Crippen LogP contribution in [0.5, 0.6) is 0 Å². The van der Waals surface area contributed by atoms with Crippen LogP contribution in [0.1, 0.15) is 41.5 Å². The molecule has 1 rings (SSSR count). The Labute approximate surface area is 89.1 Å². The summed E-state index contributed by atoms with van der Waals surface area (Å²) in [6.07, 6.45) is -0.134. The lowest BCUT2D eigenvalue weighted by molar-refractivity contribution is 0.0377. The first-order chi connectivity index (χ1) is 7.00. The van der Waals surface area contributed by atoms with E-state index in [2.05, 4.69) is 0 Å². The van der Waals surface area contributed by atoms with Gasteiger partial charge >= 0.3 is 5.97 Å². The maximum atomic E-state index is 11.4. The van der Waals surface area contributed by atoms with Crippen LogP contribution in [-0.2, 0) is 4.74 Å². The van der Waals surface area contributed by atoms with E-state index in [9.17, 15) is 9.59 Å². The Morgan fingerprint density at radius 2 is 1.53 bits per heavy atom. The van der Waals surface area contributed by atoms with Gasteiger partial charge in [-0.3, -0.25) is 4.79 Å². The third kappa shape index (κ3) is 3.20. The van der Waals surface area contributed by atoms with Crippen molar-refractivity contribution in [1.29, 1.82) is 0 Å². The number of ether oxygens (including phenoxy) is 1. The number of benzene rings is 1. The average Bonchev–Trinajstić information content (AvgIpc) is 2.17. The van der Waals surface area contributed by atoms with Crippen molar-refractivity contribution in [2.75, 3.05) is 0 Å². The Kier molecular flexibility index (Phi) is 3.61. The van der Waals surface area contributed by atoms with Crippen LogP contribution in [0.25, 0.3) is 0 Å². The second kappa shape index (κ2) is 4.73. The van der Waals surface area contributed by atoms with Crippen LogP contribution in [-0.4, -0.2) is 17.9 Å². The molecule has 1 aromatic rings. The molecule has 3 heteroatoms. The van der Waals surface area contributed by atoms with E-state index in [4.69, 9.17) is 4.74 Å². The van der Waals surface area contributed by atoms with E-state index in [1.807, 2.05) is 0 Å². The summed E-state index contributed by atoms with van der Waals surface area (Å²) >= 11 is 0. The molecule has 0 radical (unpaired) electrons. The highest BCUT2D eigenvalue weighted by molar-refractivity contribution is 5.96. The summed E-state index contributed by atoms with van der Waals surface area (Å²) in [7, 11) is 0. The number of hydrogen-bond donors (Lipinski definition) is 0. The largest absolute Gasteiger partial charge is 0.459 e. The number of carbonyl (C=O) groups excluding carboxylic acids is 2. The van der Waals surface area contributed by atoms with E-state index in [-0.39, 0.29) is 17.9 Å². The van der Waals surface area contributed by atoms with E-state index in [1.54, 1.807) is 38.1 Å². The number of rotatable bonds is 3. The quantitative estimate of drug-likeness (QED) is 0.563. The van der Waals surface area contributed by atoms with E-state index in [0.717, 1.165) is 0 Å². The molecule has 15 heavy (non-hydrogen) atoms. The first kappa shape index (κ1) is 11.4. The van der Waals surface area contributed by atoms with Gasteiger partial charge in [-0.15, -0.1) is 0 Å². The molecular weight excluding hydrogens is 192 g/mol. The minimum atomic E-state index is -0.361. The van der Waals surface area contributed by atoms with Gasteiger partial charge in [0.05, 0.1) is 11.7 Å². The van der Waals surface area contributed by atoms with Crippen molar-refractivity contribution in [2.24, 2.45) is 0 Å². The Balaban J connectivity index is 2.80. The predicted octanol–water partition coefficient (Wildman–Crippen LogP) is 2.45. The number of hydrogen-bond acceptors (Lipinski definition) is 3. The fraction of sp³-hybridized carbons (Fsp3) is 0.333. The highest BCUT2D eigenvalue weighted by Gasteiger charge is 2.09. The molecular formula is C12H14O3. The average molecular weight is 206 g/mol. The topological polar surface area (TPSA) is 43.4 Å². The normalized spacial score (nSPS) is 10.1. The Morgan fingerprint density at radius 1 is 1.07 bits per heavy atom. The third-order valence-electron chi connectivity index (χ3n) is 1.87. The van der Waals surface area contributed by atoms with Gasteiger partial charge in [-0.25, -0.2) is 4.79 Å². The standard InChI is InChI=1S/C12H14O3/c1-8(2)15-12(14)11-6-4-10(5-7-11)9(3)13/h4-8H,1-3H3. The second-order valence-electron chi connectivity index (χ2n) is 3.59. The highest BCUT2D eigenvalue weighted by atomic mass is 16.5. The Hall–Kier alpha value is -1.64. The molecule has 0 spiro atoms. The molecule has 0 heterocycles. The van der Waals surface area contributed by atoms with Gasteiger partial charge in [0, 0.05) is 5.56 Å². The monoisotopic (exact) mass is 206 g/mol. The number of ketones is 1. The molecule has 0 aliphatic carbocycles. The van der Waals surface area contributed by atoms with Crippen LogP contribution in [0.15, 0.2) is 24.3 Å². The number of Topliss-reactive ketones (excluding diaryl/α,β-unsaturated/α-hetero) is 1. The summed E-state index contributed by atoms with van der Waals surface area (Å²) < 4.78 is 5.01. The first-order valence-electron chi connectivity index (χ1n) is 4.82. The molecule has 0 saturated heterocycles. The van der Waals surface area contributed by atoms with Gasteiger partial charge in [0.1, 0.15) is 0 Å². The van der Waals surface area contributed by atoms with E-state index in [1.165, 1.54) is 6.92 Å². The van der Waals surface area contributed by atoms with Gasteiger partial charge in [0.25, 0.3) is 0 Å². The Bertz CT molecular complexity index is 363. The maximum absolute atomic E-state index is 11.4. The van der Waals surface area contributed by atoms with Crippen molar-refractivity contribution >= 4 is 11.8 Å². The van der Waals surface area contributed by atoms with Crippen molar-refractivity contribution in [2.45, 2.75) is 26.9 Å². The van der Waals surface area contributed by atoms with E-state index < -0.39 is 0 Å². The van der Waals surface area contributed by atoms with Gasteiger partial charge in [-0.1, -0.05) is 12.1 Å². The molecule has 0 N–H and O–H groups in total. The van der Waals surface area contributed by atoms with Crippen LogP contribution < -0.4 is 0 Å². The summed E-state index contributed by atoms with van der Waals surface area (Å²) in [6, 6.07) is 6.45. The minimum absolute atomic E-state index is 0.0150. The lowest BCUT2D eigenvalue weighted by atomic mass is 10.1. The maximum Gasteiger partial charge on any atom is 0.338 e. The van der Waals surface area contributed by atoms with Crippen LogP contribution in [0, 0.1) is 0 Å². The molecule has 80 valence electrons. The summed E-state index contributed by atoms with van der Waals surface area (Å²) in [6.45, 7) is 5.07. The van der Waals surface area contributed by atoms with Crippen molar-refractivity contribution in [3.05, 3.63) is 35.4 Å². The van der Waals surface area contributed by atoms with Crippen molar-refractivity contribution in [1.82, 2.24) is 0 Å². The molecule has 0 fully saturated rings. The summed E-state index contributed by atoms with van der Waals surface area (Å²) in [5, 5.41) is 0. The molecule has 0 unspecified atom stereocenters. The fourth-order valence-electron chi connectivity index (χ4n) is 1.12. The van der Waals surface area contributed by atoms with Gasteiger partial charge in [-0.2, -0.15) is 0 Å². The fourth-order valence-corrected chi connectivity index (χ4v) is 1.12. The van der Waals surface area contributed by atoms with Crippen LogP contribution in [0.4, 0.5) is 0 Å². The molecule has 0 aliphatic rings. The van der Waals surface area contributed by atoms with Crippen molar-refractivity contribution < 1.29 is 14.3 Å². The lowest BCUT2D eigenvalue weighted by Gasteiger charge is -2.07. The van der Waals surface area contributed by atoms with E-state index in [0.29, 0.717) is 11.1 Å². The van der Waals surface area contributed by atoms with Gasteiger partial charge in [0.15, 0.2) is 5.78 Å². The lowest BCUT2D eigenvalue weighted by Crippen LogP contribution is -2.11. The van der Waals surface area contributed by atoms with Crippen LogP contribution in [0.2, 0.25) is 0 Å². The molecule has 0 atom stereocenters. The number of carbonyl (C=O) groups is 2. The van der Waals surface area contributed by atoms with Crippen LogP contribution >= 0.6 is 0 Å². The second-order valence-corrected chi connectivity index (χ2v) is 3.59. The molecule has 0 saturated carbocycles. The molecule has 0 amide bonds. The zero-order valence-corrected chi connectivity index (χ0v) is 9.11. The first-order valence-corrected chi connectivity index (χ1v) is 4.82. The molecule has 0 bridgehead atoms. The summed E-state index contributed by atoms with van der Waals surface area (Å²) in [5.41, 5.74) is 1.06. The van der Waals surface area contributed by atoms with Crippen LogP contribution in [0.3, 0.4) is 0 Å². The van der Waals surface area contributed by atoms with Gasteiger partial charge in [-0.05, 0) is 32.9 Å². The molecule has 3 nitrogen and oxygen atoms in total. The molecule has 0 aromatic heterocycles. The van der Waals surface area contributed by atoms with Gasteiger partial charge in [0.2, 0.25) is 0 Å². The minimum Gasteiger partial charge on any atom is -0.459 e.